The average Bonchev–Trinajstić information content (AvgIpc) is 3.44. The van der Waals surface area contributed by atoms with Crippen molar-refractivity contribution < 1.29 is 0 Å². The van der Waals surface area contributed by atoms with Crippen LogP contribution in [0, 0.1) is 55.4 Å². The standard InChI is InChI=1S/C32H38N8/c1-11-39-26-15-18(4)17(3)14-25(26)33-31(39)37-36-29-24(10)21(7)16-27-30(29)34-32(40(27)12-2)38-35-28-22(8)19(5)13-20(6)23(28)9/h13-16H,11-12H2,1-10H3. The van der Waals surface area contributed by atoms with Crippen molar-refractivity contribution >= 4 is 45.3 Å². The quantitative estimate of drug-likeness (QED) is 0.203. The molecule has 40 heavy (non-hydrogen) atoms. The van der Waals surface area contributed by atoms with Gasteiger partial charge in [0.2, 0.25) is 5.95 Å². The van der Waals surface area contributed by atoms with Gasteiger partial charge in [-0.2, -0.15) is 0 Å². The minimum Gasteiger partial charge on any atom is -0.307 e. The molecule has 2 heterocycles. The smallest absolute Gasteiger partial charge is 0.250 e. The van der Waals surface area contributed by atoms with Crippen molar-refractivity contribution in [1.29, 1.82) is 0 Å². The fourth-order valence-corrected chi connectivity index (χ4v) is 5.25. The lowest BCUT2D eigenvalue weighted by atomic mass is 9.99. The van der Waals surface area contributed by atoms with Gasteiger partial charge in [-0.25, -0.2) is 9.97 Å². The SMILES string of the molecule is CCn1c(N=Nc2c(C)c(C)cc3c2nc(N=Nc2c(C)c(C)cc(C)c2C)n3CC)nc2cc(C)c(C)cc21. The average molecular weight is 535 g/mol. The van der Waals surface area contributed by atoms with Crippen LogP contribution in [-0.4, -0.2) is 19.1 Å². The van der Waals surface area contributed by atoms with Crippen LogP contribution in [0.1, 0.15) is 58.4 Å². The van der Waals surface area contributed by atoms with Crippen molar-refractivity contribution in [3.8, 4) is 0 Å². The van der Waals surface area contributed by atoms with Gasteiger partial charge in [-0.15, -0.1) is 20.5 Å². The molecule has 0 aliphatic carbocycles. The van der Waals surface area contributed by atoms with Crippen LogP contribution in [0.4, 0.5) is 23.3 Å². The minimum absolute atomic E-state index is 0.559. The van der Waals surface area contributed by atoms with Gasteiger partial charge in [0.15, 0.2) is 0 Å². The zero-order chi connectivity index (χ0) is 28.9. The Kier molecular flexibility index (Phi) is 7.12. The molecule has 0 saturated heterocycles. The summed E-state index contributed by atoms with van der Waals surface area (Å²) >= 11 is 0. The molecule has 0 saturated carbocycles. The third-order valence-electron chi connectivity index (χ3n) is 8.29. The molecule has 0 N–H and O–H groups in total. The molecule has 5 aromatic rings. The van der Waals surface area contributed by atoms with Crippen molar-refractivity contribution in [1.82, 2.24) is 19.1 Å². The number of fused-ring (bicyclic) bond motifs is 2. The van der Waals surface area contributed by atoms with Gasteiger partial charge >= 0.3 is 0 Å². The lowest BCUT2D eigenvalue weighted by molar-refractivity contribution is 0.781. The summed E-state index contributed by atoms with van der Waals surface area (Å²) in [4.78, 5) is 9.76. The van der Waals surface area contributed by atoms with Crippen LogP contribution in [0.2, 0.25) is 0 Å². The molecule has 8 nitrogen and oxygen atoms in total. The molecule has 0 unspecified atom stereocenters. The maximum absolute atomic E-state index is 4.95. The zero-order valence-corrected chi connectivity index (χ0v) is 25.3. The summed E-state index contributed by atoms with van der Waals surface area (Å²) in [7, 11) is 0. The van der Waals surface area contributed by atoms with Crippen molar-refractivity contribution in [3.05, 3.63) is 68.8 Å². The van der Waals surface area contributed by atoms with Crippen LogP contribution in [0.5, 0.6) is 0 Å². The molecule has 0 amide bonds. The summed E-state index contributed by atoms with van der Waals surface area (Å²) in [6.45, 7) is 22.5. The van der Waals surface area contributed by atoms with E-state index < -0.39 is 0 Å². The number of nitrogens with zero attached hydrogens (tertiary/aromatic N) is 8. The number of hydrogen-bond acceptors (Lipinski definition) is 6. The Morgan fingerprint density at radius 3 is 1.62 bits per heavy atom. The van der Waals surface area contributed by atoms with Gasteiger partial charge in [0.05, 0.1) is 22.2 Å². The number of aryl methyl sites for hydroxylation is 7. The predicted molar refractivity (Wildman–Crippen MR) is 164 cm³/mol. The van der Waals surface area contributed by atoms with E-state index in [1.165, 1.54) is 22.3 Å². The molecule has 0 aliphatic heterocycles. The Bertz CT molecular complexity index is 1820. The van der Waals surface area contributed by atoms with Crippen LogP contribution in [0.25, 0.3) is 22.1 Å². The molecule has 3 aromatic carbocycles. The number of aromatic nitrogens is 4. The van der Waals surface area contributed by atoms with Crippen molar-refractivity contribution in [2.24, 2.45) is 20.5 Å². The second kappa shape index (κ2) is 10.4. The largest absolute Gasteiger partial charge is 0.307 e. The summed E-state index contributed by atoms with van der Waals surface area (Å²) in [6.07, 6.45) is 0. The van der Waals surface area contributed by atoms with E-state index in [4.69, 9.17) is 20.2 Å². The van der Waals surface area contributed by atoms with E-state index in [9.17, 15) is 0 Å². The van der Waals surface area contributed by atoms with Gasteiger partial charge in [-0.05, 0) is 132 Å². The van der Waals surface area contributed by atoms with E-state index in [1.807, 2.05) is 0 Å². The molecular weight excluding hydrogens is 496 g/mol. The lowest BCUT2D eigenvalue weighted by Crippen LogP contribution is -1.94. The first kappa shape index (κ1) is 27.4. The van der Waals surface area contributed by atoms with E-state index in [-0.39, 0.29) is 0 Å². The first-order valence-electron chi connectivity index (χ1n) is 13.9. The van der Waals surface area contributed by atoms with Crippen molar-refractivity contribution in [2.45, 2.75) is 82.3 Å². The number of rotatable bonds is 6. The van der Waals surface area contributed by atoms with E-state index in [1.54, 1.807) is 0 Å². The Morgan fingerprint density at radius 1 is 0.525 bits per heavy atom. The van der Waals surface area contributed by atoms with Gasteiger partial charge < -0.3 is 9.13 Å². The molecule has 0 aliphatic rings. The first-order valence-corrected chi connectivity index (χ1v) is 13.9. The second-order valence-corrected chi connectivity index (χ2v) is 10.8. The summed E-state index contributed by atoms with van der Waals surface area (Å²) in [6, 6.07) is 8.64. The maximum Gasteiger partial charge on any atom is 0.250 e. The topological polar surface area (TPSA) is 85.1 Å². The number of azo groups is 2. The van der Waals surface area contributed by atoms with Crippen LogP contribution in [-0.2, 0) is 13.1 Å². The number of benzene rings is 3. The van der Waals surface area contributed by atoms with E-state index in [0.29, 0.717) is 18.4 Å². The zero-order valence-electron chi connectivity index (χ0n) is 25.3. The molecule has 2 aromatic heterocycles. The molecule has 0 atom stereocenters. The predicted octanol–water partition coefficient (Wildman–Crippen LogP) is 9.72. The van der Waals surface area contributed by atoms with Gasteiger partial charge in [-0.3, -0.25) is 0 Å². The Balaban J connectivity index is 1.65. The Morgan fingerprint density at radius 2 is 1.00 bits per heavy atom. The molecule has 8 heteroatoms. The van der Waals surface area contributed by atoms with Crippen LogP contribution in [0.3, 0.4) is 0 Å². The molecule has 0 bridgehead atoms. The van der Waals surface area contributed by atoms with Gasteiger partial charge in [0.25, 0.3) is 5.95 Å². The third kappa shape index (κ3) is 4.51. The second-order valence-electron chi connectivity index (χ2n) is 10.8. The highest BCUT2D eigenvalue weighted by molar-refractivity contribution is 5.91. The highest BCUT2D eigenvalue weighted by atomic mass is 15.3. The summed E-state index contributed by atoms with van der Waals surface area (Å²) in [5, 5.41) is 18.8. The van der Waals surface area contributed by atoms with E-state index in [0.717, 1.165) is 62.2 Å². The highest BCUT2D eigenvalue weighted by Crippen LogP contribution is 2.37. The van der Waals surface area contributed by atoms with E-state index >= 15 is 0 Å². The number of hydrogen-bond donors (Lipinski definition) is 0. The lowest BCUT2D eigenvalue weighted by Gasteiger charge is -2.10. The third-order valence-corrected chi connectivity index (χ3v) is 8.29. The summed E-state index contributed by atoms with van der Waals surface area (Å²) in [5.41, 5.74) is 14.7. The van der Waals surface area contributed by atoms with Crippen molar-refractivity contribution in [3.63, 3.8) is 0 Å². The van der Waals surface area contributed by atoms with Gasteiger partial charge in [0.1, 0.15) is 11.2 Å². The first-order chi connectivity index (χ1) is 19.0. The van der Waals surface area contributed by atoms with Crippen molar-refractivity contribution in [2.75, 3.05) is 0 Å². The molecule has 206 valence electrons. The molecule has 0 fully saturated rings. The summed E-state index contributed by atoms with van der Waals surface area (Å²) in [5.74, 6) is 1.15. The Labute approximate surface area is 235 Å². The molecule has 0 radical (unpaired) electrons. The van der Waals surface area contributed by atoms with Crippen LogP contribution < -0.4 is 0 Å². The van der Waals surface area contributed by atoms with Gasteiger partial charge in [-0.1, -0.05) is 6.07 Å². The van der Waals surface area contributed by atoms with Gasteiger partial charge in [0, 0.05) is 13.1 Å². The number of imidazole rings is 2. The fraction of sp³-hybridized carbons (Fsp3) is 0.375. The highest BCUT2D eigenvalue weighted by Gasteiger charge is 2.18. The Hall–Kier alpha value is -4.20. The van der Waals surface area contributed by atoms with E-state index in [2.05, 4.69) is 113 Å². The molecule has 0 spiro atoms. The minimum atomic E-state index is 0.559. The molecule has 5 rings (SSSR count). The van der Waals surface area contributed by atoms with Crippen LogP contribution >= 0.6 is 0 Å². The maximum atomic E-state index is 4.95. The normalized spacial score (nSPS) is 12.2. The molecular formula is C32H38N8. The monoisotopic (exact) mass is 534 g/mol. The summed E-state index contributed by atoms with van der Waals surface area (Å²) < 4.78 is 4.19. The van der Waals surface area contributed by atoms with Crippen LogP contribution in [0.15, 0.2) is 44.7 Å². The fourth-order valence-electron chi connectivity index (χ4n) is 5.25.